The van der Waals surface area contributed by atoms with Crippen molar-refractivity contribution in [3.05, 3.63) is 83.3 Å². The first kappa shape index (κ1) is 18.2. The molecular formula is C23H24N4O. The maximum absolute atomic E-state index is 13.1. The topological polar surface area (TPSA) is 49.3 Å². The van der Waals surface area contributed by atoms with Crippen molar-refractivity contribution in [2.75, 3.05) is 22.9 Å². The molecule has 0 aliphatic carbocycles. The number of rotatable bonds is 4. The highest BCUT2D eigenvalue weighted by Crippen LogP contribution is 2.24. The van der Waals surface area contributed by atoms with Crippen molar-refractivity contribution in [3.8, 4) is 0 Å². The lowest BCUT2D eigenvalue weighted by molar-refractivity contribution is 0.0983. The van der Waals surface area contributed by atoms with Gasteiger partial charge in [0.05, 0.1) is 0 Å². The third-order valence-corrected chi connectivity index (χ3v) is 5.20. The standard InChI is InChI=1S/C23H24N4O/c1-3-27(20-10-6-7-17(2)13-20)23(28)21-14-22(25-16-24-21)26-12-11-18-8-4-5-9-19(18)15-26/h4-10,13-14,16H,3,11-12,15H2,1-2H3. The minimum Gasteiger partial charge on any atom is -0.352 e. The van der Waals surface area contributed by atoms with Crippen LogP contribution in [0.15, 0.2) is 60.9 Å². The number of carbonyl (C=O) groups is 1. The van der Waals surface area contributed by atoms with Crippen molar-refractivity contribution < 1.29 is 4.79 Å². The Hall–Kier alpha value is -3.21. The van der Waals surface area contributed by atoms with Crippen LogP contribution in [-0.4, -0.2) is 29.0 Å². The fourth-order valence-electron chi connectivity index (χ4n) is 3.71. The first-order valence-corrected chi connectivity index (χ1v) is 9.68. The Morgan fingerprint density at radius 3 is 2.68 bits per heavy atom. The van der Waals surface area contributed by atoms with Crippen LogP contribution in [-0.2, 0) is 13.0 Å². The number of hydrogen-bond acceptors (Lipinski definition) is 4. The van der Waals surface area contributed by atoms with Gasteiger partial charge in [-0.25, -0.2) is 9.97 Å². The van der Waals surface area contributed by atoms with E-state index in [1.807, 2.05) is 44.2 Å². The number of hydrogen-bond donors (Lipinski definition) is 0. The van der Waals surface area contributed by atoms with Gasteiger partial charge in [0.15, 0.2) is 0 Å². The quantitative estimate of drug-likeness (QED) is 0.694. The second-order valence-electron chi connectivity index (χ2n) is 7.09. The lowest BCUT2D eigenvalue weighted by Gasteiger charge is -2.30. The van der Waals surface area contributed by atoms with Gasteiger partial charge >= 0.3 is 0 Å². The Morgan fingerprint density at radius 1 is 1.07 bits per heavy atom. The van der Waals surface area contributed by atoms with Gasteiger partial charge in [-0.1, -0.05) is 36.4 Å². The fourth-order valence-corrected chi connectivity index (χ4v) is 3.71. The highest BCUT2D eigenvalue weighted by molar-refractivity contribution is 6.05. The first-order chi connectivity index (χ1) is 13.7. The largest absolute Gasteiger partial charge is 0.352 e. The summed E-state index contributed by atoms with van der Waals surface area (Å²) in [5.74, 6) is 0.697. The number of benzene rings is 2. The van der Waals surface area contributed by atoms with Gasteiger partial charge in [-0.3, -0.25) is 4.79 Å². The number of amides is 1. The molecule has 0 radical (unpaired) electrons. The van der Waals surface area contributed by atoms with E-state index in [1.165, 1.54) is 17.5 Å². The van der Waals surface area contributed by atoms with Crippen molar-refractivity contribution in [1.82, 2.24) is 9.97 Å². The zero-order chi connectivity index (χ0) is 19.5. The second-order valence-corrected chi connectivity index (χ2v) is 7.09. The molecule has 3 aromatic rings. The summed E-state index contributed by atoms with van der Waals surface area (Å²) in [5, 5.41) is 0. The molecule has 0 atom stereocenters. The maximum atomic E-state index is 13.1. The van der Waals surface area contributed by atoms with Crippen LogP contribution in [0.4, 0.5) is 11.5 Å². The van der Waals surface area contributed by atoms with E-state index in [1.54, 1.807) is 4.90 Å². The second kappa shape index (κ2) is 7.80. The molecule has 0 spiro atoms. The van der Waals surface area contributed by atoms with Crippen molar-refractivity contribution in [3.63, 3.8) is 0 Å². The Kier molecular flexibility index (Phi) is 5.06. The minimum absolute atomic E-state index is 0.103. The van der Waals surface area contributed by atoms with E-state index in [2.05, 4.69) is 39.1 Å². The van der Waals surface area contributed by atoms with Gasteiger partial charge in [-0.15, -0.1) is 0 Å². The summed E-state index contributed by atoms with van der Waals surface area (Å²) in [4.78, 5) is 25.8. The van der Waals surface area contributed by atoms with Gasteiger partial charge in [0.2, 0.25) is 0 Å². The lowest BCUT2D eigenvalue weighted by atomic mass is 10.00. The maximum Gasteiger partial charge on any atom is 0.277 e. The number of carbonyl (C=O) groups excluding carboxylic acids is 1. The molecule has 4 rings (SSSR count). The summed E-state index contributed by atoms with van der Waals surface area (Å²) in [6.45, 7) is 6.27. The van der Waals surface area contributed by atoms with Crippen LogP contribution in [0.25, 0.3) is 0 Å². The average molecular weight is 372 g/mol. The number of fused-ring (bicyclic) bond motifs is 1. The molecule has 1 aliphatic heterocycles. The molecule has 142 valence electrons. The van der Waals surface area contributed by atoms with Gasteiger partial charge in [-0.05, 0) is 49.1 Å². The predicted molar refractivity (Wildman–Crippen MR) is 112 cm³/mol. The number of aromatic nitrogens is 2. The molecular weight excluding hydrogens is 348 g/mol. The summed E-state index contributed by atoms with van der Waals surface area (Å²) in [7, 11) is 0. The smallest absolute Gasteiger partial charge is 0.277 e. The molecule has 0 fully saturated rings. The molecule has 1 aromatic heterocycles. The SMILES string of the molecule is CCN(C(=O)c1cc(N2CCc3ccccc3C2)ncn1)c1cccc(C)c1. The number of nitrogens with zero attached hydrogens (tertiary/aromatic N) is 4. The van der Waals surface area contributed by atoms with Gasteiger partial charge in [0.25, 0.3) is 5.91 Å². The molecule has 0 N–H and O–H groups in total. The Bertz CT molecular complexity index is 1000. The normalized spacial score (nSPS) is 13.1. The van der Waals surface area contributed by atoms with Gasteiger partial charge in [-0.2, -0.15) is 0 Å². The van der Waals surface area contributed by atoms with E-state index in [9.17, 15) is 4.79 Å². The molecule has 2 heterocycles. The molecule has 2 aromatic carbocycles. The van der Waals surface area contributed by atoms with E-state index < -0.39 is 0 Å². The molecule has 5 heteroatoms. The average Bonchev–Trinajstić information content (AvgIpc) is 2.74. The van der Waals surface area contributed by atoms with Crippen LogP contribution in [0.5, 0.6) is 0 Å². The van der Waals surface area contributed by atoms with Crippen LogP contribution < -0.4 is 9.80 Å². The zero-order valence-electron chi connectivity index (χ0n) is 16.3. The molecule has 1 amide bonds. The zero-order valence-corrected chi connectivity index (χ0v) is 16.3. The van der Waals surface area contributed by atoms with Crippen LogP contribution >= 0.6 is 0 Å². The molecule has 0 bridgehead atoms. The molecule has 0 saturated heterocycles. The van der Waals surface area contributed by atoms with Crippen molar-refractivity contribution >= 4 is 17.4 Å². The molecule has 28 heavy (non-hydrogen) atoms. The molecule has 0 unspecified atom stereocenters. The van der Waals surface area contributed by atoms with Crippen LogP contribution in [0.1, 0.15) is 34.1 Å². The molecule has 0 saturated carbocycles. The number of aryl methyl sites for hydroxylation is 1. The fraction of sp³-hybridized carbons (Fsp3) is 0.261. The predicted octanol–water partition coefficient (Wildman–Crippen LogP) is 4.01. The highest BCUT2D eigenvalue weighted by atomic mass is 16.2. The van der Waals surface area contributed by atoms with Crippen LogP contribution in [0, 0.1) is 6.92 Å². The monoisotopic (exact) mass is 372 g/mol. The van der Waals surface area contributed by atoms with Gasteiger partial charge in [0, 0.05) is 31.4 Å². The van der Waals surface area contributed by atoms with E-state index in [4.69, 9.17) is 0 Å². The summed E-state index contributed by atoms with van der Waals surface area (Å²) in [5.41, 5.74) is 5.14. The Balaban J connectivity index is 1.59. The van der Waals surface area contributed by atoms with E-state index in [0.29, 0.717) is 12.2 Å². The van der Waals surface area contributed by atoms with Crippen molar-refractivity contribution in [1.29, 1.82) is 0 Å². The Labute approximate surface area is 165 Å². The Morgan fingerprint density at radius 2 is 1.89 bits per heavy atom. The molecule has 1 aliphatic rings. The van der Waals surface area contributed by atoms with Crippen molar-refractivity contribution in [2.24, 2.45) is 0 Å². The van der Waals surface area contributed by atoms with E-state index in [0.717, 1.165) is 36.6 Å². The van der Waals surface area contributed by atoms with Gasteiger partial charge in [0.1, 0.15) is 17.8 Å². The summed E-state index contributed by atoms with van der Waals surface area (Å²) < 4.78 is 0. The third kappa shape index (κ3) is 3.60. The van der Waals surface area contributed by atoms with E-state index in [-0.39, 0.29) is 5.91 Å². The number of anilines is 2. The van der Waals surface area contributed by atoms with Crippen LogP contribution in [0.3, 0.4) is 0 Å². The first-order valence-electron chi connectivity index (χ1n) is 9.68. The highest BCUT2D eigenvalue weighted by Gasteiger charge is 2.21. The summed E-state index contributed by atoms with van der Waals surface area (Å²) >= 11 is 0. The summed E-state index contributed by atoms with van der Waals surface area (Å²) in [6.07, 6.45) is 2.47. The van der Waals surface area contributed by atoms with Crippen LogP contribution in [0.2, 0.25) is 0 Å². The third-order valence-electron chi connectivity index (χ3n) is 5.20. The summed E-state index contributed by atoms with van der Waals surface area (Å²) in [6, 6.07) is 18.3. The van der Waals surface area contributed by atoms with E-state index >= 15 is 0 Å². The minimum atomic E-state index is -0.103. The van der Waals surface area contributed by atoms with Gasteiger partial charge < -0.3 is 9.80 Å². The molecule has 5 nitrogen and oxygen atoms in total. The van der Waals surface area contributed by atoms with Crippen molar-refractivity contribution in [2.45, 2.75) is 26.8 Å². The lowest BCUT2D eigenvalue weighted by Crippen LogP contribution is -2.33.